The van der Waals surface area contributed by atoms with Crippen LogP contribution in [0.1, 0.15) is 46.5 Å². The van der Waals surface area contributed by atoms with Crippen molar-refractivity contribution in [2.45, 2.75) is 65.1 Å². The molecule has 138 valence electrons. The molecule has 0 spiro atoms. The average molecular weight is 346 g/mol. The second-order valence-electron chi connectivity index (χ2n) is 6.56. The molecule has 1 heterocycles. The van der Waals surface area contributed by atoms with E-state index in [1.54, 1.807) is 9.13 Å². The summed E-state index contributed by atoms with van der Waals surface area (Å²) < 4.78 is 3.49. The molecule has 0 aliphatic carbocycles. The largest absolute Gasteiger partial charge is 0.349 e. The van der Waals surface area contributed by atoms with E-state index in [1.807, 2.05) is 45.0 Å². The first-order valence-corrected chi connectivity index (χ1v) is 9.21. The number of imidazole rings is 1. The monoisotopic (exact) mass is 346 g/mol. The van der Waals surface area contributed by atoms with Crippen LogP contribution in [-0.4, -0.2) is 27.1 Å². The van der Waals surface area contributed by atoms with Crippen molar-refractivity contribution < 1.29 is 4.79 Å². The van der Waals surface area contributed by atoms with Crippen LogP contribution >= 0.6 is 0 Å². The van der Waals surface area contributed by atoms with Crippen LogP contribution in [0.2, 0.25) is 0 Å². The summed E-state index contributed by atoms with van der Waals surface area (Å²) in [5, 5.41) is 3.06. The van der Waals surface area contributed by atoms with Crippen LogP contribution in [0.4, 0.5) is 0 Å². The first-order valence-electron chi connectivity index (χ1n) is 9.21. The standard InChI is InChI=1S/C19H30N4O2/c1-4-12-22-15-9-7-8-10-16(15)23(18(22)25)13-11-17(24)21-19(5-2,6-3)14-20/h7-10H,4-6,11-14,20H2,1-3H3,(H,21,24). The summed E-state index contributed by atoms with van der Waals surface area (Å²) in [5.74, 6) is -0.0617. The maximum Gasteiger partial charge on any atom is 0.329 e. The average Bonchev–Trinajstić information content (AvgIpc) is 2.90. The topological polar surface area (TPSA) is 82.0 Å². The zero-order valence-corrected chi connectivity index (χ0v) is 15.5. The molecule has 1 aromatic carbocycles. The minimum absolute atomic E-state index is 0.0491. The Hall–Kier alpha value is -2.08. The van der Waals surface area contributed by atoms with Gasteiger partial charge in [-0.2, -0.15) is 0 Å². The van der Waals surface area contributed by atoms with Crippen molar-refractivity contribution in [3.05, 3.63) is 34.7 Å². The maximum atomic E-state index is 12.7. The maximum absolute atomic E-state index is 12.7. The highest BCUT2D eigenvalue weighted by molar-refractivity contribution is 5.78. The smallest absolute Gasteiger partial charge is 0.329 e. The van der Waals surface area contributed by atoms with Crippen LogP contribution in [0, 0.1) is 0 Å². The minimum Gasteiger partial charge on any atom is -0.349 e. The number of fused-ring (bicyclic) bond motifs is 1. The van der Waals surface area contributed by atoms with Crippen LogP contribution in [0.3, 0.4) is 0 Å². The van der Waals surface area contributed by atoms with Crippen molar-refractivity contribution in [2.75, 3.05) is 6.54 Å². The van der Waals surface area contributed by atoms with Gasteiger partial charge in [-0.1, -0.05) is 32.9 Å². The number of amides is 1. The van der Waals surface area contributed by atoms with Crippen LogP contribution < -0.4 is 16.7 Å². The molecule has 0 saturated heterocycles. The van der Waals surface area contributed by atoms with E-state index in [1.165, 1.54) is 0 Å². The number of aromatic nitrogens is 2. The fourth-order valence-electron chi connectivity index (χ4n) is 3.27. The molecular weight excluding hydrogens is 316 g/mol. The molecule has 6 heteroatoms. The summed E-state index contributed by atoms with van der Waals surface area (Å²) >= 11 is 0. The zero-order chi connectivity index (χ0) is 18.4. The second kappa shape index (κ2) is 8.34. The molecule has 3 N–H and O–H groups in total. The third kappa shape index (κ3) is 3.95. The molecule has 2 aromatic rings. The third-order valence-corrected chi connectivity index (χ3v) is 5.08. The van der Waals surface area contributed by atoms with Gasteiger partial charge < -0.3 is 11.1 Å². The normalized spacial score (nSPS) is 11.8. The van der Waals surface area contributed by atoms with E-state index in [-0.39, 0.29) is 23.6 Å². The Morgan fingerprint density at radius 1 is 1.08 bits per heavy atom. The van der Waals surface area contributed by atoms with Crippen LogP contribution in [-0.2, 0) is 17.9 Å². The van der Waals surface area contributed by atoms with Crippen molar-refractivity contribution >= 4 is 16.9 Å². The van der Waals surface area contributed by atoms with Gasteiger partial charge in [0.15, 0.2) is 0 Å². The van der Waals surface area contributed by atoms with Gasteiger partial charge in [0.2, 0.25) is 5.91 Å². The third-order valence-electron chi connectivity index (χ3n) is 5.08. The molecule has 0 atom stereocenters. The fourth-order valence-corrected chi connectivity index (χ4v) is 3.27. The molecule has 0 fully saturated rings. The first-order chi connectivity index (χ1) is 12.0. The van der Waals surface area contributed by atoms with Crippen molar-refractivity contribution in [2.24, 2.45) is 5.73 Å². The molecule has 2 rings (SSSR count). The van der Waals surface area contributed by atoms with E-state index < -0.39 is 0 Å². The summed E-state index contributed by atoms with van der Waals surface area (Å²) in [6.45, 7) is 7.57. The molecule has 25 heavy (non-hydrogen) atoms. The number of carbonyl (C=O) groups excluding carboxylic acids is 1. The van der Waals surface area contributed by atoms with E-state index in [2.05, 4.69) is 5.32 Å². The van der Waals surface area contributed by atoms with Gasteiger partial charge >= 0.3 is 5.69 Å². The van der Waals surface area contributed by atoms with Crippen molar-refractivity contribution in [1.29, 1.82) is 0 Å². The number of nitrogens with two attached hydrogens (primary N) is 1. The second-order valence-corrected chi connectivity index (χ2v) is 6.56. The lowest BCUT2D eigenvalue weighted by Crippen LogP contribution is -2.53. The Balaban J connectivity index is 2.20. The highest BCUT2D eigenvalue weighted by Crippen LogP contribution is 2.15. The van der Waals surface area contributed by atoms with E-state index in [0.29, 0.717) is 19.6 Å². The number of hydrogen-bond donors (Lipinski definition) is 2. The van der Waals surface area contributed by atoms with Gasteiger partial charge in [0.25, 0.3) is 0 Å². The van der Waals surface area contributed by atoms with Gasteiger partial charge in [-0.3, -0.25) is 13.9 Å². The number of carbonyl (C=O) groups is 1. The molecule has 1 amide bonds. The number of aryl methyl sites for hydroxylation is 2. The molecule has 1 aromatic heterocycles. The van der Waals surface area contributed by atoms with E-state index in [4.69, 9.17) is 5.73 Å². The molecule has 0 aliphatic rings. The molecule has 0 unspecified atom stereocenters. The van der Waals surface area contributed by atoms with Crippen LogP contribution in [0.25, 0.3) is 11.0 Å². The minimum atomic E-state index is -0.349. The van der Waals surface area contributed by atoms with Crippen molar-refractivity contribution in [3.8, 4) is 0 Å². The van der Waals surface area contributed by atoms with Crippen molar-refractivity contribution in [1.82, 2.24) is 14.5 Å². The van der Waals surface area contributed by atoms with Gasteiger partial charge in [-0.25, -0.2) is 4.79 Å². The lowest BCUT2D eigenvalue weighted by atomic mass is 9.93. The summed E-state index contributed by atoms with van der Waals surface area (Å²) in [7, 11) is 0. The Bertz CT molecular complexity index is 763. The number of para-hydroxylation sites is 2. The van der Waals surface area contributed by atoms with Gasteiger partial charge in [0.05, 0.1) is 16.6 Å². The Morgan fingerprint density at radius 2 is 1.64 bits per heavy atom. The Morgan fingerprint density at radius 3 is 2.12 bits per heavy atom. The number of nitrogens with zero attached hydrogens (tertiary/aromatic N) is 2. The lowest BCUT2D eigenvalue weighted by Gasteiger charge is -2.31. The lowest BCUT2D eigenvalue weighted by molar-refractivity contribution is -0.123. The van der Waals surface area contributed by atoms with E-state index >= 15 is 0 Å². The summed E-state index contributed by atoms with van der Waals surface area (Å²) in [5.41, 5.74) is 7.25. The number of rotatable bonds is 9. The van der Waals surface area contributed by atoms with Crippen molar-refractivity contribution in [3.63, 3.8) is 0 Å². The molecule has 0 aliphatic heterocycles. The molecule has 0 radical (unpaired) electrons. The fraction of sp³-hybridized carbons (Fsp3) is 0.579. The van der Waals surface area contributed by atoms with E-state index in [9.17, 15) is 9.59 Å². The van der Waals surface area contributed by atoms with Gasteiger partial charge in [0, 0.05) is 26.1 Å². The zero-order valence-electron chi connectivity index (χ0n) is 15.5. The number of nitrogens with one attached hydrogen (secondary N) is 1. The van der Waals surface area contributed by atoms with Gasteiger partial charge in [-0.15, -0.1) is 0 Å². The quantitative estimate of drug-likeness (QED) is 0.730. The Kier molecular flexibility index (Phi) is 6.42. The SMILES string of the molecule is CCCn1c(=O)n(CCC(=O)NC(CC)(CC)CN)c2ccccc21. The molecular formula is C19H30N4O2. The molecule has 0 saturated carbocycles. The summed E-state index contributed by atoms with van der Waals surface area (Å²) in [6.07, 6.45) is 2.74. The predicted molar refractivity (Wildman–Crippen MR) is 102 cm³/mol. The summed E-state index contributed by atoms with van der Waals surface area (Å²) in [4.78, 5) is 25.1. The Labute approximate surface area is 149 Å². The highest BCUT2D eigenvalue weighted by atomic mass is 16.2. The predicted octanol–water partition coefficient (Wildman–Crippen LogP) is 2.24. The number of benzene rings is 1. The first kappa shape index (κ1) is 19.2. The van der Waals surface area contributed by atoms with Gasteiger partial charge in [0.1, 0.15) is 0 Å². The highest BCUT2D eigenvalue weighted by Gasteiger charge is 2.26. The summed E-state index contributed by atoms with van der Waals surface area (Å²) in [6, 6.07) is 7.74. The van der Waals surface area contributed by atoms with Gasteiger partial charge in [-0.05, 0) is 31.4 Å². The van der Waals surface area contributed by atoms with E-state index in [0.717, 1.165) is 30.3 Å². The van der Waals surface area contributed by atoms with Crippen LogP contribution in [0.15, 0.2) is 29.1 Å². The molecule has 6 nitrogen and oxygen atoms in total. The number of hydrogen-bond acceptors (Lipinski definition) is 3. The molecule has 0 bridgehead atoms. The van der Waals surface area contributed by atoms with Crippen LogP contribution in [0.5, 0.6) is 0 Å².